The number of hydrogen-bond acceptors (Lipinski definition) is 2. The van der Waals surface area contributed by atoms with Gasteiger partial charge in [-0.25, -0.2) is 0 Å². The SMILES string of the molecule is Cc1ccc(-n2c3c(c(=O)[nH]c2=S)CC2(CCCC2)c2ccccc2-3)cc1. The number of benzene rings is 2. The van der Waals surface area contributed by atoms with E-state index in [9.17, 15) is 4.79 Å². The highest BCUT2D eigenvalue weighted by atomic mass is 32.1. The van der Waals surface area contributed by atoms with Gasteiger partial charge in [0.1, 0.15) is 0 Å². The fraction of sp³-hybridized carbons (Fsp3) is 0.304. The minimum Gasteiger partial charge on any atom is -0.299 e. The van der Waals surface area contributed by atoms with Gasteiger partial charge < -0.3 is 0 Å². The van der Waals surface area contributed by atoms with Crippen LogP contribution in [0.1, 0.15) is 42.4 Å². The minimum absolute atomic E-state index is 0.0286. The van der Waals surface area contributed by atoms with E-state index in [-0.39, 0.29) is 11.0 Å². The number of H-pyrrole nitrogens is 1. The van der Waals surface area contributed by atoms with E-state index >= 15 is 0 Å². The molecule has 3 nitrogen and oxygen atoms in total. The molecule has 1 spiro atoms. The van der Waals surface area contributed by atoms with Crippen LogP contribution in [0.2, 0.25) is 0 Å². The van der Waals surface area contributed by atoms with Crippen LogP contribution in [0.25, 0.3) is 16.9 Å². The largest absolute Gasteiger partial charge is 0.299 e. The molecule has 1 saturated carbocycles. The summed E-state index contributed by atoms with van der Waals surface area (Å²) >= 11 is 5.60. The lowest BCUT2D eigenvalue weighted by atomic mass is 9.68. The Morgan fingerprint density at radius 1 is 1.04 bits per heavy atom. The van der Waals surface area contributed by atoms with Gasteiger partial charge in [-0.3, -0.25) is 14.3 Å². The number of rotatable bonds is 1. The topological polar surface area (TPSA) is 37.8 Å². The highest BCUT2D eigenvalue weighted by Crippen LogP contribution is 2.50. The Labute approximate surface area is 163 Å². The lowest BCUT2D eigenvalue weighted by Gasteiger charge is -2.37. The molecule has 3 aromatic rings. The molecule has 0 saturated heterocycles. The second kappa shape index (κ2) is 6.03. The van der Waals surface area contributed by atoms with Gasteiger partial charge in [0.2, 0.25) is 0 Å². The van der Waals surface area contributed by atoms with Gasteiger partial charge in [-0.1, -0.05) is 54.8 Å². The minimum atomic E-state index is -0.0286. The van der Waals surface area contributed by atoms with Gasteiger partial charge in [0.15, 0.2) is 4.77 Å². The molecule has 1 fully saturated rings. The van der Waals surface area contributed by atoms with Gasteiger partial charge in [0.05, 0.1) is 5.69 Å². The number of nitrogens with one attached hydrogen (secondary N) is 1. The molecule has 2 aliphatic carbocycles. The lowest BCUT2D eigenvalue weighted by molar-refractivity contribution is 0.429. The quantitative estimate of drug-likeness (QED) is 0.592. The van der Waals surface area contributed by atoms with Gasteiger partial charge in [-0.05, 0) is 56.1 Å². The number of aromatic amines is 1. The van der Waals surface area contributed by atoms with E-state index in [2.05, 4.69) is 60.4 Å². The standard InChI is InChI=1S/C23H22N2OS/c1-15-8-10-16(11-9-15)25-20-17-6-2-3-7-19(17)23(12-4-5-13-23)14-18(20)21(26)24-22(25)27/h2-3,6-11H,4-5,12-14H2,1H3,(H,24,26,27). The molecule has 2 aliphatic rings. The van der Waals surface area contributed by atoms with Crippen molar-refractivity contribution >= 4 is 12.2 Å². The maximum atomic E-state index is 12.9. The van der Waals surface area contributed by atoms with Crippen molar-refractivity contribution in [2.45, 2.75) is 44.4 Å². The number of fused-ring (bicyclic) bond motifs is 4. The number of hydrogen-bond donors (Lipinski definition) is 1. The summed E-state index contributed by atoms with van der Waals surface area (Å²) in [6, 6.07) is 16.9. The molecule has 0 radical (unpaired) electrons. The van der Waals surface area contributed by atoms with Crippen LogP contribution >= 0.6 is 12.2 Å². The molecule has 5 rings (SSSR count). The number of aryl methyl sites for hydroxylation is 1. The summed E-state index contributed by atoms with van der Waals surface area (Å²) in [6.07, 6.45) is 5.58. The van der Waals surface area contributed by atoms with E-state index in [0.29, 0.717) is 4.77 Å². The molecule has 0 aliphatic heterocycles. The van der Waals surface area contributed by atoms with Crippen LogP contribution in [0, 0.1) is 11.7 Å². The van der Waals surface area contributed by atoms with Crippen molar-refractivity contribution in [2.24, 2.45) is 0 Å². The second-order valence-corrected chi connectivity index (χ2v) is 8.35. The van der Waals surface area contributed by atoms with Gasteiger partial charge in [-0.2, -0.15) is 0 Å². The molecule has 1 N–H and O–H groups in total. The molecular weight excluding hydrogens is 352 g/mol. The van der Waals surface area contributed by atoms with Crippen molar-refractivity contribution in [3.8, 4) is 16.9 Å². The van der Waals surface area contributed by atoms with Crippen LogP contribution < -0.4 is 5.56 Å². The van der Waals surface area contributed by atoms with Crippen LogP contribution in [0.15, 0.2) is 53.3 Å². The van der Waals surface area contributed by atoms with Gasteiger partial charge in [-0.15, -0.1) is 0 Å². The first-order chi connectivity index (χ1) is 13.1. The zero-order valence-electron chi connectivity index (χ0n) is 15.4. The Bertz CT molecular complexity index is 1150. The fourth-order valence-electron chi connectivity index (χ4n) is 5.04. The average molecular weight is 375 g/mol. The van der Waals surface area contributed by atoms with Crippen molar-refractivity contribution in [1.82, 2.24) is 9.55 Å². The van der Waals surface area contributed by atoms with E-state index < -0.39 is 0 Å². The molecule has 136 valence electrons. The lowest BCUT2D eigenvalue weighted by Crippen LogP contribution is -2.35. The average Bonchev–Trinajstić information content (AvgIpc) is 3.13. The third kappa shape index (κ3) is 2.47. The first kappa shape index (κ1) is 16.7. The van der Waals surface area contributed by atoms with Gasteiger partial charge in [0, 0.05) is 22.2 Å². The van der Waals surface area contributed by atoms with Crippen molar-refractivity contribution in [3.63, 3.8) is 0 Å². The second-order valence-electron chi connectivity index (χ2n) is 7.97. The summed E-state index contributed by atoms with van der Waals surface area (Å²) in [5.41, 5.74) is 6.67. The van der Waals surface area contributed by atoms with Crippen LogP contribution in [0.4, 0.5) is 0 Å². The summed E-state index contributed by atoms with van der Waals surface area (Å²) in [7, 11) is 0. The maximum Gasteiger partial charge on any atom is 0.255 e. The predicted molar refractivity (Wildman–Crippen MR) is 111 cm³/mol. The first-order valence-electron chi connectivity index (χ1n) is 9.64. The molecule has 1 heterocycles. The Morgan fingerprint density at radius 3 is 2.48 bits per heavy atom. The molecule has 0 bridgehead atoms. The smallest absolute Gasteiger partial charge is 0.255 e. The number of aromatic nitrogens is 2. The first-order valence-corrected chi connectivity index (χ1v) is 10.1. The summed E-state index contributed by atoms with van der Waals surface area (Å²) in [5.74, 6) is 0. The Hall–Kier alpha value is -2.46. The summed E-state index contributed by atoms with van der Waals surface area (Å²) in [6.45, 7) is 2.07. The highest BCUT2D eigenvalue weighted by molar-refractivity contribution is 7.71. The third-order valence-electron chi connectivity index (χ3n) is 6.33. The molecule has 0 unspecified atom stereocenters. The van der Waals surface area contributed by atoms with E-state index in [1.54, 1.807) is 0 Å². The molecule has 0 amide bonds. The summed E-state index contributed by atoms with van der Waals surface area (Å²) < 4.78 is 2.51. The van der Waals surface area contributed by atoms with Crippen LogP contribution in [-0.4, -0.2) is 9.55 Å². The summed E-state index contributed by atoms with van der Waals surface area (Å²) in [4.78, 5) is 15.9. The van der Waals surface area contributed by atoms with Crippen molar-refractivity contribution in [2.75, 3.05) is 0 Å². The van der Waals surface area contributed by atoms with E-state index in [4.69, 9.17) is 12.2 Å². The molecule has 27 heavy (non-hydrogen) atoms. The molecule has 4 heteroatoms. The maximum absolute atomic E-state index is 12.9. The zero-order chi connectivity index (χ0) is 18.6. The monoisotopic (exact) mass is 374 g/mol. The molecular formula is C23H22N2OS. The normalized spacial score (nSPS) is 16.9. The Kier molecular flexibility index (Phi) is 3.73. The van der Waals surface area contributed by atoms with Gasteiger partial charge in [0.25, 0.3) is 5.56 Å². The third-order valence-corrected chi connectivity index (χ3v) is 6.61. The van der Waals surface area contributed by atoms with Crippen molar-refractivity contribution in [3.05, 3.63) is 80.3 Å². The molecule has 0 atom stereocenters. The predicted octanol–water partition coefficient (Wildman–Crippen LogP) is 5.24. The van der Waals surface area contributed by atoms with Crippen molar-refractivity contribution < 1.29 is 0 Å². The van der Waals surface area contributed by atoms with Crippen LogP contribution in [-0.2, 0) is 11.8 Å². The highest BCUT2D eigenvalue weighted by Gasteiger charge is 2.42. The molecule has 1 aromatic heterocycles. The van der Waals surface area contributed by atoms with Crippen molar-refractivity contribution in [1.29, 1.82) is 0 Å². The van der Waals surface area contributed by atoms with E-state index in [1.807, 2.05) is 4.57 Å². The van der Waals surface area contributed by atoms with Crippen LogP contribution in [0.3, 0.4) is 0 Å². The summed E-state index contributed by atoms with van der Waals surface area (Å²) in [5, 5.41) is 0. The zero-order valence-corrected chi connectivity index (χ0v) is 16.2. The molecule has 2 aromatic carbocycles. The fourth-order valence-corrected chi connectivity index (χ4v) is 5.33. The Morgan fingerprint density at radius 2 is 1.74 bits per heavy atom. The van der Waals surface area contributed by atoms with Crippen LogP contribution in [0.5, 0.6) is 0 Å². The van der Waals surface area contributed by atoms with Gasteiger partial charge >= 0.3 is 0 Å². The van der Waals surface area contributed by atoms with E-state index in [0.717, 1.165) is 36.2 Å². The Balaban J connectivity index is 1.87. The number of nitrogens with zero attached hydrogens (tertiary/aromatic N) is 1. The van der Waals surface area contributed by atoms with E-state index in [1.165, 1.54) is 29.5 Å².